The summed E-state index contributed by atoms with van der Waals surface area (Å²) in [4.78, 5) is 36.2. The van der Waals surface area contributed by atoms with E-state index in [-0.39, 0.29) is 11.9 Å². The van der Waals surface area contributed by atoms with Crippen LogP contribution in [0.25, 0.3) is 0 Å². The highest BCUT2D eigenvalue weighted by molar-refractivity contribution is 6.13. The van der Waals surface area contributed by atoms with Crippen LogP contribution in [0.5, 0.6) is 0 Å². The lowest BCUT2D eigenvalue weighted by Crippen LogP contribution is -2.49. The normalized spacial score (nSPS) is 15.9. The topological polar surface area (TPSA) is 81.8 Å². The number of hydrogen-bond donors (Lipinski definition) is 2. The van der Waals surface area contributed by atoms with Crippen LogP contribution < -0.4 is 10.6 Å². The molecule has 1 aromatic carbocycles. The number of hydrogen-bond acceptors (Lipinski definition) is 4. The molecule has 7 nitrogen and oxygen atoms in total. The molecular weight excluding hydrogens is 296 g/mol. The third-order valence-electron chi connectivity index (χ3n) is 4.00. The molecule has 0 saturated carbocycles. The third-order valence-corrected chi connectivity index (χ3v) is 4.00. The van der Waals surface area contributed by atoms with Crippen LogP contribution >= 0.6 is 0 Å². The number of urea groups is 1. The molecule has 23 heavy (non-hydrogen) atoms. The molecule has 2 N–H and O–H groups in total. The number of rotatable bonds is 3. The smallest absolute Gasteiger partial charge is 0.307 e. The number of fused-ring (bicyclic) bond motifs is 1. The van der Waals surface area contributed by atoms with Crippen molar-refractivity contribution in [2.24, 2.45) is 0 Å². The number of amides is 4. The highest BCUT2D eigenvalue weighted by atomic mass is 16.2. The second-order valence-electron chi connectivity index (χ2n) is 6.16. The van der Waals surface area contributed by atoms with E-state index in [0.717, 1.165) is 0 Å². The molecule has 2 rings (SSSR count). The minimum Gasteiger partial charge on any atom is -0.307 e. The fourth-order valence-electron chi connectivity index (χ4n) is 2.60. The molecular formula is C16H22N4O3. The Bertz CT molecular complexity index is 667. The lowest BCUT2D eigenvalue weighted by Gasteiger charge is -2.31. The summed E-state index contributed by atoms with van der Waals surface area (Å²) in [5.41, 5.74) is 0.782. The number of hydrazine groups is 1. The monoisotopic (exact) mass is 318 g/mol. The van der Waals surface area contributed by atoms with Crippen LogP contribution in [0.15, 0.2) is 18.2 Å². The summed E-state index contributed by atoms with van der Waals surface area (Å²) in [6, 6.07) is 4.73. The van der Waals surface area contributed by atoms with Gasteiger partial charge in [0.2, 0.25) is 5.91 Å². The molecule has 124 valence electrons. The van der Waals surface area contributed by atoms with Crippen LogP contribution in [0.3, 0.4) is 0 Å². The van der Waals surface area contributed by atoms with E-state index in [1.54, 1.807) is 51.2 Å². The first kappa shape index (κ1) is 17.0. The van der Waals surface area contributed by atoms with Crippen molar-refractivity contribution in [1.82, 2.24) is 15.3 Å². The van der Waals surface area contributed by atoms with Crippen molar-refractivity contribution in [1.29, 1.82) is 0 Å². The Kier molecular flexibility index (Phi) is 4.42. The molecule has 0 unspecified atom stereocenters. The minimum atomic E-state index is -0.787. The van der Waals surface area contributed by atoms with Crippen LogP contribution in [0.1, 0.15) is 36.7 Å². The number of nitrogens with one attached hydrogen (secondary N) is 2. The maximum Gasteiger partial charge on any atom is 0.336 e. The maximum absolute atomic E-state index is 12.2. The summed E-state index contributed by atoms with van der Waals surface area (Å²) in [7, 11) is 3.55. The SMILES string of the molecule is CCN(C(=O)Nc1ccc2c(c1)C(=O)NC(=O)C2(C)C)N(C)C. The summed E-state index contributed by atoms with van der Waals surface area (Å²) in [5.74, 6) is -0.767. The zero-order valence-corrected chi connectivity index (χ0v) is 14.1. The lowest BCUT2D eigenvalue weighted by atomic mass is 9.78. The van der Waals surface area contributed by atoms with Crippen molar-refractivity contribution in [3.05, 3.63) is 29.3 Å². The Labute approximate surface area is 135 Å². The Morgan fingerprint density at radius 2 is 1.91 bits per heavy atom. The first-order valence-corrected chi connectivity index (χ1v) is 7.44. The van der Waals surface area contributed by atoms with E-state index in [2.05, 4.69) is 10.6 Å². The minimum absolute atomic E-state index is 0.288. The third kappa shape index (κ3) is 3.05. The van der Waals surface area contributed by atoms with Gasteiger partial charge in [-0.1, -0.05) is 6.07 Å². The van der Waals surface area contributed by atoms with Crippen LogP contribution in [-0.4, -0.2) is 48.5 Å². The molecule has 0 saturated heterocycles. The van der Waals surface area contributed by atoms with E-state index in [1.165, 1.54) is 5.01 Å². The zero-order chi connectivity index (χ0) is 17.4. The van der Waals surface area contributed by atoms with Gasteiger partial charge in [0, 0.05) is 31.9 Å². The van der Waals surface area contributed by atoms with Gasteiger partial charge in [0.1, 0.15) is 0 Å². The molecule has 0 aromatic heterocycles. The summed E-state index contributed by atoms with van der Waals surface area (Å²) in [6.07, 6.45) is 0. The average Bonchev–Trinajstić information content (AvgIpc) is 2.45. The number of nitrogens with zero attached hydrogens (tertiary/aromatic N) is 2. The van der Waals surface area contributed by atoms with Crippen LogP contribution in [0.2, 0.25) is 0 Å². The van der Waals surface area contributed by atoms with E-state index < -0.39 is 11.3 Å². The molecule has 0 radical (unpaired) electrons. The first-order valence-electron chi connectivity index (χ1n) is 7.44. The van der Waals surface area contributed by atoms with Gasteiger partial charge in [-0.2, -0.15) is 0 Å². The summed E-state index contributed by atoms with van der Waals surface area (Å²) in [5, 5.41) is 8.32. The van der Waals surface area contributed by atoms with Crippen molar-refractivity contribution >= 4 is 23.5 Å². The molecule has 0 aliphatic carbocycles. The predicted molar refractivity (Wildman–Crippen MR) is 87.0 cm³/mol. The standard InChI is InChI=1S/C16H22N4O3/c1-6-20(19(4)5)15(23)17-10-7-8-12-11(9-10)13(21)18-14(22)16(12,2)3/h7-9H,6H2,1-5H3,(H,17,23)(H,18,21,22). The van der Waals surface area contributed by atoms with Gasteiger partial charge < -0.3 is 5.32 Å². The Morgan fingerprint density at radius 3 is 2.48 bits per heavy atom. The molecule has 4 amide bonds. The number of anilines is 1. The molecule has 0 spiro atoms. The highest BCUT2D eigenvalue weighted by Crippen LogP contribution is 2.32. The van der Waals surface area contributed by atoms with Crippen molar-refractivity contribution in [2.45, 2.75) is 26.2 Å². The fourth-order valence-corrected chi connectivity index (χ4v) is 2.60. The Hall–Kier alpha value is -2.41. The highest BCUT2D eigenvalue weighted by Gasteiger charge is 2.39. The fraction of sp³-hybridized carbons (Fsp3) is 0.438. The van der Waals surface area contributed by atoms with E-state index in [9.17, 15) is 14.4 Å². The van der Waals surface area contributed by atoms with Gasteiger partial charge in [-0.05, 0) is 38.5 Å². The largest absolute Gasteiger partial charge is 0.336 e. The second kappa shape index (κ2) is 6.00. The van der Waals surface area contributed by atoms with Crippen LogP contribution in [0, 0.1) is 0 Å². The van der Waals surface area contributed by atoms with Gasteiger partial charge in [0.05, 0.1) is 5.41 Å². The number of carbonyl (C=O) groups excluding carboxylic acids is 3. The van der Waals surface area contributed by atoms with Crippen LogP contribution in [-0.2, 0) is 10.2 Å². The summed E-state index contributed by atoms with van der Waals surface area (Å²) >= 11 is 0. The Balaban J connectivity index is 2.32. The second-order valence-corrected chi connectivity index (χ2v) is 6.16. The lowest BCUT2D eigenvalue weighted by molar-refractivity contribution is -0.125. The van der Waals surface area contributed by atoms with Gasteiger partial charge in [0.15, 0.2) is 0 Å². The zero-order valence-electron chi connectivity index (χ0n) is 14.1. The van der Waals surface area contributed by atoms with Crippen molar-refractivity contribution < 1.29 is 14.4 Å². The van der Waals surface area contributed by atoms with Crippen LogP contribution in [0.4, 0.5) is 10.5 Å². The van der Waals surface area contributed by atoms with Gasteiger partial charge in [-0.25, -0.2) is 9.80 Å². The quantitative estimate of drug-likeness (QED) is 0.654. The van der Waals surface area contributed by atoms with Crippen molar-refractivity contribution in [3.63, 3.8) is 0 Å². The van der Waals surface area contributed by atoms with Crippen molar-refractivity contribution in [3.8, 4) is 0 Å². The molecule has 0 bridgehead atoms. The number of imide groups is 1. The summed E-state index contributed by atoms with van der Waals surface area (Å²) < 4.78 is 0. The van der Waals surface area contributed by atoms with Gasteiger partial charge >= 0.3 is 6.03 Å². The maximum atomic E-state index is 12.2. The first-order chi connectivity index (χ1) is 10.7. The Morgan fingerprint density at radius 1 is 1.26 bits per heavy atom. The van der Waals surface area contributed by atoms with Crippen molar-refractivity contribution in [2.75, 3.05) is 26.0 Å². The molecule has 1 aliphatic rings. The van der Waals surface area contributed by atoms with E-state index in [4.69, 9.17) is 0 Å². The molecule has 1 heterocycles. The van der Waals surface area contributed by atoms with Gasteiger partial charge in [0.25, 0.3) is 5.91 Å². The van der Waals surface area contributed by atoms with E-state index >= 15 is 0 Å². The van der Waals surface area contributed by atoms with E-state index in [1.807, 2.05) is 6.92 Å². The van der Waals surface area contributed by atoms with Gasteiger partial charge in [-0.15, -0.1) is 0 Å². The molecule has 1 aromatic rings. The number of benzene rings is 1. The molecule has 7 heteroatoms. The molecule has 0 atom stereocenters. The molecule has 1 aliphatic heterocycles. The average molecular weight is 318 g/mol. The molecule has 0 fully saturated rings. The number of carbonyl (C=O) groups is 3. The van der Waals surface area contributed by atoms with Gasteiger partial charge in [-0.3, -0.25) is 19.9 Å². The summed E-state index contributed by atoms with van der Waals surface area (Å²) in [6.45, 7) is 5.91. The predicted octanol–water partition coefficient (Wildman–Crippen LogP) is 1.56. The van der Waals surface area contributed by atoms with E-state index in [0.29, 0.717) is 23.4 Å².